The zero-order valence-corrected chi connectivity index (χ0v) is 4.70. The summed E-state index contributed by atoms with van der Waals surface area (Å²) in [7, 11) is 0. The molecule has 0 bridgehead atoms. The van der Waals surface area contributed by atoms with Gasteiger partial charge in [-0.1, -0.05) is 0 Å². The molecule has 0 radical (unpaired) electrons. The molecule has 1 rings (SSSR count). The van der Waals surface area contributed by atoms with Gasteiger partial charge in [-0.3, -0.25) is 0 Å². The van der Waals surface area contributed by atoms with Crippen LogP contribution in [0, 0.1) is 0 Å². The second-order valence-corrected chi connectivity index (χ2v) is 1.88. The number of H-pyrrole nitrogens is 1. The van der Waals surface area contributed by atoms with Crippen LogP contribution in [0.5, 0.6) is 0 Å². The van der Waals surface area contributed by atoms with E-state index in [1.54, 1.807) is 0 Å². The number of nitrogens with one attached hydrogen (secondary N) is 1. The van der Waals surface area contributed by atoms with Crippen molar-refractivity contribution in [1.82, 2.24) is 4.98 Å². The maximum atomic E-state index is 2.95. The standard InChI is InChI=1S/C4H4N.Rh/c1-2-4-5-3-1;/h1-3,5H;. The van der Waals surface area contributed by atoms with E-state index in [0.29, 0.717) is 0 Å². The predicted octanol–water partition coefficient (Wildman–Crippen LogP) is 0.187. The molecule has 1 aromatic rings. The molecule has 1 heterocycles. The van der Waals surface area contributed by atoms with Gasteiger partial charge >= 0.3 is 45.9 Å². The van der Waals surface area contributed by atoms with E-state index in [1.165, 1.54) is 0 Å². The Morgan fingerprint density at radius 2 is 2.50 bits per heavy atom. The summed E-state index contributed by atoms with van der Waals surface area (Å²) in [5.74, 6) is 0. The van der Waals surface area contributed by atoms with Gasteiger partial charge in [-0.05, 0) is 0 Å². The van der Waals surface area contributed by atoms with Crippen LogP contribution in [-0.4, -0.2) is 4.98 Å². The zero-order chi connectivity index (χ0) is 4.41. The molecule has 0 aromatic carbocycles. The van der Waals surface area contributed by atoms with Crippen LogP contribution in [-0.2, 0) is 18.3 Å². The van der Waals surface area contributed by atoms with Crippen LogP contribution in [0.2, 0.25) is 0 Å². The van der Waals surface area contributed by atoms with Crippen LogP contribution in [0.1, 0.15) is 0 Å². The third-order valence-corrected chi connectivity index (χ3v) is 1.06. The Kier molecular flexibility index (Phi) is 1.06. The Morgan fingerprint density at radius 1 is 1.67 bits per heavy atom. The first-order valence-corrected chi connectivity index (χ1v) is 2.48. The number of hydrogen-bond donors (Lipinski definition) is 1. The van der Waals surface area contributed by atoms with E-state index in [2.05, 4.69) is 23.3 Å². The van der Waals surface area contributed by atoms with Gasteiger partial charge in [-0.25, -0.2) is 0 Å². The van der Waals surface area contributed by atoms with Gasteiger partial charge in [0.15, 0.2) is 0 Å². The van der Waals surface area contributed by atoms with Crippen LogP contribution < -0.4 is 4.29 Å². The molecule has 2 heteroatoms. The fraction of sp³-hybridized carbons (Fsp3) is 0. The second kappa shape index (κ2) is 1.57. The summed E-state index contributed by atoms with van der Waals surface area (Å²) in [6.45, 7) is 0. The number of hydrogen-bond acceptors (Lipinski definition) is 0. The molecule has 0 unspecified atom stereocenters. The molecule has 0 aliphatic heterocycles. The third kappa shape index (κ3) is 0.690. The first-order chi connectivity index (χ1) is 2.89. The fourth-order valence-electron chi connectivity index (χ4n) is 0.300. The van der Waals surface area contributed by atoms with Crippen LogP contribution in [0.4, 0.5) is 0 Å². The van der Waals surface area contributed by atoms with Crippen molar-refractivity contribution >= 4 is 4.29 Å². The van der Waals surface area contributed by atoms with E-state index < -0.39 is 0 Å². The summed E-state index contributed by atoms with van der Waals surface area (Å²) in [5, 5.41) is 0. The summed E-state index contributed by atoms with van der Waals surface area (Å²) in [6.07, 6.45) is 1.88. The molecule has 1 nitrogen and oxygen atoms in total. The van der Waals surface area contributed by atoms with Crippen LogP contribution >= 0.6 is 0 Å². The molecular formula is C4H4NRh. The molecule has 0 atom stereocenters. The summed E-state index contributed by atoms with van der Waals surface area (Å²) < 4.78 is 1.11. The van der Waals surface area contributed by atoms with Crippen molar-refractivity contribution in [3.05, 3.63) is 18.3 Å². The fourth-order valence-corrected chi connectivity index (χ4v) is 0.595. The van der Waals surface area contributed by atoms with Gasteiger partial charge in [-0.15, -0.1) is 0 Å². The Labute approximate surface area is 46.4 Å². The maximum absolute atomic E-state index is 2.95. The van der Waals surface area contributed by atoms with E-state index in [4.69, 9.17) is 0 Å². The Balaban J connectivity index is 3.05. The van der Waals surface area contributed by atoms with Crippen LogP contribution in [0.15, 0.2) is 18.3 Å². The molecule has 0 saturated heterocycles. The molecule has 0 saturated carbocycles. The van der Waals surface area contributed by atoms with Crippen molar-refractivity contribution in [3.8, 4) is 0 Å². The van der Waals surface area contributed by atoms with Gasteiger partial charge in [0.1, 0.15) is 0 Å². The van der Waals surface area contributed by atoms with Crippen molar-refractivity contribution in [2.24, 2.45) is 0 Å². The van der Waals surface area contributed by atoms with E-state index in [1.807, 2.05) is 18.3 Å². The van der Waals surface area contributed by atoms with E-state index >= 15 is 0 Å². The van der Waals surface area contributed by atoms with Gasteiger partial charge < -0.3 is 0 Å². The van der Waals surface area contributed by atoms with Crippen molar-refractivity contribution in [2.45, 2.75) is 0 Å². The number of rotatable bonds is 0. The molecule has 0 spiro atoms. The Bertz CT molecular complexity index is 111. The van der Waals surface area contributed by atoms with Crippen molar-refractivity contribution in [3.63, 3.8) is 0 Å². The first-order valence-electron chi connectivity index (χ1n) is 1.66. The number of aromatic amines is 1. The molecule has 34 valence electrons. The summed E-state index contributed by atoms with van der Waals surface area (Å²) in [5.41, 5.74) is 0. The number of aromatic nitrogens is 1. The quantitative estimate of drug-likeness (QED) is 0.533. The molecule has 1 N–H and O–H groups in total. The van der Waals surface area contributed by atoms with Crippen molar-refractivity contribution in [2.75, 3.05) is 0 Å². The zero-order valence-electron chi connectivity index (χ0n) is 3.07. The molecule has 0 fully saturated rings. The minimum atomic E-state index is 1.11. The monoisotopic (exact) mass is 169 g/mol. The average molecular weight is 169 g/mol. The summed E-state index contributed by atoms with van der Waals surface area (Å²) in [6, 6.07) is 3.93. The van der Waals surface area contributed by atoms with Crippen LogP contribution in [0.25, 0.3) is 0 Å². The SMILES string of the molecule is [Rh][c]1ccc[nH]1. The Hall–Kier alpha value is -0.0966. The van der Waals surface area contributed by atoms with Crippen molar-refractivity contribution in [1.29, 1.82) is 0 Å². The second-order valence-electron chi connectivity index (χ2n) is 0.994. The predicted molar refractivity (Wildman–Crippen MR) is 20.4 cm³/mol. The molecule has 0 aliphatic rings. The molecule has 6 heavy (non-hydrogen) atoms. The van der Waals surface area contributed by atoms with Gasteiger partial charge in [0.25, 0.3) is 0 Å². The summed E-state index contributed by atoms with van der Waals surface area (Å²) >= 11 is 2.73. The summed E-state index contributed by atoms with van der Waals surface area (Å²) in [4.78, 5) is 2.95. The van der Waals surface area contributed by atoms with Gasteiger partial charge in [0.2, 0.25) is 0 Å². The molecule has 0 aliphatic carbocycles. The van der Waals surface area contributed by atoms with E-state index in [-0.39, 0.29) is 0 Å². The molecular weight excluding hydrogens is 165 g/mol. The third-order valence-electron chi connectivity index (χ3n) is 0.546. The molecule has 1 aromatic heterocycles. The average Bonchev–Trinajstić information content (AvgIpc) is 1.86. The van der Waals surface area contributed by atoms with Gasteiger partial charge in [-0.2, -0.15) is 0 Å². The molecule has 0 amide bonds. The van der Waals surface area contributed by atoms with E-state index in [0.717, 1.165) is 4.29 Å². The van der Waals surface area contributed by atoms with Gasteiger partial charge in [0.05, 0.1) is 0 Å². The van der Waals surface area contributed by atoms with Crippen molar-refractivity contribution < 1.29 is 18.3 Å². The minimum absolute atomic E-state index is 1.11. The Morgan fingerprint density at radius 3 is 2.67 bits per heavy atom. The van der Waals surface area contributed by atoms with Gasteiger partial charge in [0, 0.05) is 0 Å². The topological polar surface area (TPSA) is 15.8 Å². The van der Waals surface area contributed by atoms with E-state index in [9.17, 15) is 0 Å². The van der Waals surface area contributed by atoms with Crippen LogP contribution in [0.3, 0.4) is 0 Å². The normalized spacial score (nSPS) is 9.00. The first kappa shape index (κ1) is 4.07.